The van der Waals surface area contributed by atoms with E-state index in [-0.39, 0.29) is 35.4 Å². The van der Waals surface area contributed by atoms with Gasteiger partial charge >= 0.3 is 0 Å². The van der Waals surface area contributed by atoms with E-state index in [0.29, 0.717) is 21.2 Å². The average molecular weight is 442 g/mol. The molecule has 0 aromatic carbocycles. The Morgan fingerprint density at radius 1 is 1.35 bits per heavy atom. The number of hydrogen-bond donors (Lipinski definition) is 0. The molecule has 2 aliphatic rings. The van der Waals surface area contributed by atoms with Crippen LogP contribution in [0.15, 0.2) is 48.1 Å². The van der Waals surface area contributed by atoms with Gasteiger partial charge < -0.3 is 9.16 Å². The standard InChI is InChI=1S/C27H41O3Si/c1-18(2)24-17-27(7)21(5)26(15-14-23(27)16-25(24)28)29-22(6)19(3)12-10-9-11-13-20(4)30-31-8/h9-12,16,19-22,24,26H,1,8,13-15,17H2,2-7H3/b11-9+,12-10+. The first-order valence-corrected chi connectivity index (χ1v) is 12.8. The fraction of sp³-hybridized carbons (Fsp3) is 0.630. The predicted molar refractivity (Wildman–Crippen MR) is 132 cm³/mol. The molecule has 7 atom stereocenters. The first kappa shape index (κ1) is 25.7. The molecule has 0 heterocycles. The van der Waals surface area contributed by atoms with E-state index in [1.165, 1.54) is 5.57 Å². The van der Waals surface area contributed by atoms with Gasteiger partial charge in [-0.3, -0.25) is 4.79 Å². The fourth-order valence-corrected chi connectivity index (χ4v) is 5.21. The van der Waals surface area contributed by atoms with Crippen molar-refractivity contribution in [3.63, 3.8) is 0 Å². The highest BCUT2D eigenvalue weighted by Crippen LogP contribution is 2.53. The van der Waals surface area contributed by atoms with Crippen molar-refractivity contribution in [2.75, 3.05) is 0 Å². The summed E-state index contributed by atoms with van der Waals surface area (Å²) in [5.41, 5.74) is 2.30. The predicted octanol–water partition coefficient (Wildman–Crippen LogP) is 5.88. The summed E-state index contributed by atoms with van der Waals surface area (Å²) < 4.78 is 12.1. The lowest BCUT2D eigenvalue weighted by Gasteiger charge is -2.50. The Balaban J connectivity index is 1.96. The van der Waals surface area contributed by atoms with Crippen molar-refractivity contribution >= 4 is 21.3 Å². The zero-order valence-electron chi connectivity index (χ0n) is 20.3. The molecule has 4 heteroatoms. The molecule has 0 aromatic rings. The molecular weight excluding hydrogens is 400 g/mol. The van der Waals surface area contributed by atoms with Crippen LogP contribution in [0.5, 0.6) is 0 Å². The minimum absolute atomic E-state index is 0.00925. The number of rotatable bonds is 10. The summed E-state index contributed by atoms with van der Waals surface area (Å²) in [6.07, 6.45) is 18.5. The summed E-state index contributed by atoms with van der Waals surface area (Å²) in [6, 6.07) is 0. The maximum Gasteiger partial charge on any atom is 0.273 e. The molecule has 0 N–H and O–H groups in total. The molecule has 2 rings (SSSR count). The first-order chi connectivity index (χ1) is 14.6. The monoisotopic (exact) mass is 441 g/mol. The summed E-state index contributed by atoms with van der Waals surface area (Å²) in [6.45, 7) is 17.1. The van der Waals surface area contributed by atoms with Crippen molar-refractivity contribution in [3.8, 4) is 0 Å². The van der Waals surface area contributed by atoms with Crippen molar-refractivity contribution in [3.05, 3.63) is 48.1 Å². The van der Waals surface area contributed by atoms with Crippen molar-refractivity contribution < 1.29 is 14.0 Å². The molecule has 1 radical (unpaired) electrons. The van der Waals surface area contributed by atoms with E-state index in [4.69, 9.17) is 9.16 Å². The molecule has 31 heavy (non-hydrogen) atoms. The summed E-state index contributed by atoms with van der Waals surface area (Å²) in [4.78, 5) is 12.5. The minimum Gasteiger partial charge on any atom is -0.546 e. The van der Waals surface area contributed by atoms with Gasteiger partial charge in [-0.15, -0.1) is 0 Å². The molecule has 1 saturated carbocycles. The Labute approximate surface area is 192 Å². The van der Waals surface area contributed by atoms with Crippen LogP contribution in [0.4, 0.5) is 0 Å². The van der Waals surface area contributed by atoms with Crippen molar-refractivity contribution in [2.24, 2.45) is 23.2 Å². The molecule has 0 aromatic heterocycles. The minimum atomic E-state index is -0.0526. The molecule has 7 unspecified atom stereocenters. The van der Waals surface area contributed by atoms with Gasteiger partial charge in [0.15, 0.2) is 5.78 Å². The number of carbonyl (C=O) groups excluding carboxylic acids is 1. The van der Waals surface area contributed by atoms with Gasteiger partial charge in [-0.2, -0.15) is 0 Å². The van der Waals surface area contributed by atoms with Gasteiger partial charge in [0.05, 0.1) is 18.3 Å². The lowest BCUT2D eigenvalue weighted by molar-refractivity contribution is -0.122. The van der Waals surface area contributed by atoms with Gasteiger partial charge in [-0.1, -0.05) is 69.0 Å². The topological polar surface area (TPSA) is 35.5 Å². The highest BCUT2D eigenvalue weighted by molar-refractivity contribution is 6.33. The van der Waals surface area contributed by atoms with Crippen LogP contribution in [-0.4, -0.2) is 39.6 Å². The Bertz CT molecular complexity index is 750. The second kappa shape index (κ2) is 11.4. The zero-order valence-corrected chi connectivity index (χ0v) is 21.3. The van der Waals surface area contributed by atoms with Gasteiger partial charge in [0.25, 0.3) is 9.38 Å². The Morgan fingerprint density at radius 3 is 2.71 bits per heavy atom. The van der Waals surface area contributed by atoms with E-state index in [1.807, 2.05) is 13.0 Å². The van der Waals surface area contributed by atoms with Crippen LogP contribution >= 0.6 is 0 Å². The number of fused-ring (bicyclic) bond motifs is 1. The Morgan fingerprint density at radius 2 is 2.06 bits per heavy atom. The average Bonchev–Trinajstić information content (AvgIpc) is 2.71. The molecule has 0 saturated heterocycles. The smallest absolute Gasteiger partial charge is 0.273 e. The molecule has 0 spiro atoms. The number of allylic oxidation sites excluding steroid dienone is 5. The van der Waals surface area contributed by atoms with Crippen LogP contribution in [0.2, 0.25) is 0 Å². The van der Waals surface area contributed by atoms with Crippen LogP contribution in [0.3, 0.4) is 0 Å². The molecule has 3 nitrogen and oxygen atoms in total. The van der Waals surface area contributed by atoms with E-state index in [0.717, 1.165) is 31.3 Å². The van der Waals surface area contributed by atoms with Gasteiger partial charge in [-0.05, 0) is 57.4 Å². The summed E-state index contributed by atoms with van der Waals surface area (Å²) in [5.74, 6) is 0.881. The van der Waals surface area contributed by atoms with Crippen LogP contribution in [-0.2, 0) is 14.0 Å². The second-order valence-electron chi connectivity index (χ2n) is 9.78. The second-order valence-corrected chi connectivity index (χ2v) is 10.3. The van der Waals surface area contributed by atoms with Gasteiger partial charge in [0.1, 0.15) is 0 Å². The van der Waals surface area contributed by atoms with E-state index in [2.05, 4.69) is 71.7 Å². The lowest BCUT2D eigenvalue weighted by atomic mass is 9.57. The third kappa shape index (κ3) is 6.49. The van der Waals surface area contributed by atoms with Crippen molar-refractivity contribution in [1.82, 2.24) is 0 Å². The van der Waals surface area contributed by atoms with E-state index < -0.39 is 0 Å². The molecule has 1 fully saturated rings. The van der Waals surface area contributed by atoms with Crippen LogP contribution in [0.1, 0.15) is 67.2 Å². The number of hydrogen-bond acceptors (Lipinski definition) is 3. The van der Waals surface area contributed by atoms with Crippen LogP contribution in [0, 0.1) is 23.2 Å². The molecule has 0 bridgehead atoms. The SMILES string of the molecule is C=[Si]OC(C)C/C=C/C=C/C(C)C(C)OC1CCC2=CC(=O)C(C(=C)C)CC2(C)C1C. The zero-order chi connectivity index (χ0) is 23.2. The maximum atomic E-state index is 12.5. The quantitative estimate of drug-likeness (QED) is 0.241. The van der Waals surface area contributed by atoms with Crippen LogP contribution < -0.4 is 0 Å². The third-order valence-corrected chi connectivity index (χ3v) is 7.99. The van der Waals surface area contributed by atoms with E-state index >= 15 is 0 Å². The van der Waals surface area contributed by atoms with Crippen LogP contribution in [0.25, 0.3) is 0 Å². The van der Waals surface area contributed by atoms with Gasteiger partial charge in [0.2, 0.25) is 0 Å². The largest absolute Gasteiger partial charge is 0.546 e. The maximum absolute atomic E-state index is 12.5. The van der Waals surface area contributed by atoms with Crippen molar-refractivity contribution in [1.29, 1.82) is 0 Å². The highest BCUT2D eigenvalue weighted by Gasteiger charge is 2.48. The Kier molecular flexibility index (Phi) is 9.44. The Hall–Kier alpha value is -1.52. The lowest BCUT2D eigenvalue weighted by Crippen LogP contribution is -2.47. The van der Waals surface area contributed by atoms with Gasteiger partial charge in [-0.25, -0.2) is 0 Å². The summed E-state index contributed by atoms with van der Waals surface area (Å²) >= 11 is 0. The van der Waals surface area contributed by atoms with E-state index in [1.54, 1.807) is 0 Å². The first-order valence-electron chi connectivity index (χ1n) is 11.7. The van der Waals surface area contributed by atoms with E-state index in [9.17, 15) is 4.79 Å². The van der Waals surface area contributed by atoms with Gasteiger partial charge in [0, 0.05) is 18.3 Å². The molecule has 2 aliphatic carbocycles. The highest BCUT2D eigenvalue weighted by atomic mass is 28.2. The molecule has 171 valence electrons. The molecule has 0 amide bonds. The molecular formula is C27H41O3Si. The third-order valence-electron chi connectivity index (χ3n) is 7.42. The number of carbonyl (C=O) groups is 1. The van der Waals surface area contributed by atoms with Crippen molar-refractivity contribution in [2.45, 2.75) is 85.5 Å². The number of ketones is 1. The normalized spacial score (nSPS) is 31.7. The summed E-state index contributed by atoms with van der Waals surface area (Å²) in [5, 5.41) is 0. The fourth-order valence-electron chi connectivity index (χ4n) is 4.82. The molecule has 0 aliphatic heterocycles. The number of ether oxygens (including phenoxy) is 1. The summed E-state index contributed by atoms with van der Waals surface area (Å²) in [7, 11) is 0.293.